The van der Waals surface area contributed by atoms with E-state index in [9.17, 15) is 13.6 Å². The Morgan fingerprint density at radius 2 is 1.72 bits per heavy atom. The molecule has 0 bridgehead atoms. The summed E-state index contributed by atoms with van der Waals surface area (Å²) in [6.45, 7) is 2.86. The number of aromatic nitrogens is 3. The van der Waals surface area contributed by atoms with Crippen molar-refractivity contribution in [3.8, 4) is 11.1 Å². The van der Waals surface area contributed by atoms with Gasteiger partial charge in [0.2, 0.25) is 0 Å². The van der Waals surface area contributed by atoms with Gasteiger partial charge in [-0.2, -0.15) is 0 Å². The minimum absolute atomic E-state index is 0.0382. The number of benzene rings is 1. The Kier molecular flexibility index (Phi) is 5.29. The highest BCUT2D eigenvalue weighted by Crippen LogP contribution is 2.34. The van der Waals surface area contributed by atoms with Crippen molar-refractivity contribution in [3.63, 3.8) is 0 Å². The summed E-state index contributed by atoms with van der Waals surface area (Å²) >= 11 is 0. The molecule has 0 atom stereocenters. The highest BCUT2D eigenvalue weighted by atomic mass is 19.1. The quantitative estimate of drug-likeness (QED) is 0.670. The number of carbonyl (C=O) groups excluding carboxylic acids is 1. The maximum absolute atomic E-state index is 13.5. The van der Waals surface area contributed by atoms with Crippen molar-refractivity contribution in [1.82, 2.24) is 19.9 Å². The topological polar surface area (TPSA) is 59.0 Å². The van der Waals surface area contributed by atoms with E-state index in [1.807, 2.05) is 25.3 Å². The van der Waals surface area contributed by atoms with Gasteiger partial charge in [-0.1, -0.05) is 0 Å². The van der Waals surface area contributed by atoms with Crippen molar-refractivity contribution in [2.75, 3.05) is 13.1 Å². The third-order valence-electron chi connectivity index (χ3n) is 5.21. The number of hydrogen-bond donors (Lipinski definition) is 0. The first-order valence-corrected chi connectivity index (χ1v) is 9.50. The van der Waals surface area contributed by atoms with Gasteiger partial charge in [-0.25, -0.2) is 18.7 Å². The lowest BCUT2D eigenvalue weighted by atomic mass is 9.89. The fourth-order valence-electron chi connectivity index (χ4n) is 3.77. The molecule has 7 heteroatoms. The molecule has 0 N–H and O–H groups in total. The fraction of sp³-hybridized carbons (Fsp3) is 0.273. The van der Waals surface area contributed by atoms with Gasteiger partial charge >= 0.3 is 0 Å². The number of halogens is 2. The number of nitrogens with zero attached hydrogens (tertiary/aromatic N) is 4. The highest BCUT2D eigenvalue weighted by Gasteiger charge is 2.28. The monoisotopic (exact) mass is 394 g/mol. The molecule has 3 heterocycles. The molecule has 0 aliphatic carbocycles. The van der Waals surface area contributed by atoms with Crippen molar-refractivity contribution in [3.05, 3.63) is 77.6 Å². The molecular formula is C22H20F2N4O. The zero-order valence-electron chi connectivity index (χ0n) is 16.0. The van der Waals surface area contributed by atoms with E-state index >= 15 is 0 Å². The van der Waals surface area contributed by atoms with Crippen LogP contribution in [-0.2, 0) is 0 Å². The largest absolute Gasteiger partial charge is 0.339 e. The Balaban J connectivity index is 1.53. The summed E-state index contributed by atoms with van der Waals surface area (Å²) in [5.41, 5.74) is 2.97. The van der Waals surface area contributed by atoms with Crippen LogP contribution in [0.3, 0.4) is 0 Å². The summed E-state index contributed by atoms with van der Waals surface area (Å²) in [6, 6.07) is 6.77. The number of piperidine rings is 1. The lowest BCUT2D eigenvalue weighted by Crippen LogP contribution is -2.38. The van der Waals surface area contributed by atoms with Crippen LogP contribution < -0.4 is 0 Å². The maximum atomic E-state index is 13.5. The average molecular weight is 394 g/mol. The Morgan fingerprint density at radius 3 is 2.38 bits per heavy atom. The van der Waals surface area contributed by atoms with E-state index in [0.717, 1.165) is 47.9 Å². The van der Waals surface area contributed by atoms with Gasteiger partial charge in [0.15, 0.2) is 0 Å². The second kappa shape index (κ2) is 8.03. The Morgan fingerprint density at radius 1 is 1.07 bits per heavy atom. The molecular weight excluding hydrogens is 374 g/mol. The molecule has 3 aromatic rings. The Bertz CT molecular complexity index is 1010. The molecule has 1 amide bonds. The van der Waals surface area contributed by atoms with Gasteiger partial charge < -0.3 is 4.90 Å². The van der Waals surface area contributed by atoms with Crippen molar-refractivity contribution < 1.29 is 13.6 Å². The highest BCUT2D eigenvalue weighted by molar-refractivity contribution is 5.94. The van der Waals surface area contributed by atoms with Crippen LogP contribution in [0.4, 0.5) is 8.78 Å². The Labute approximate surface area is 167 Å². The molecule has 5 nitrogen and oxygen atoms in total. The number of aryl methyl sites for hydroxylation is 1. The molecule has 29 heavy (non-hydrogen) atoms. The molecule has 2 aromatic heterocycles. The first kappa shape index (κ1) is 19.1. The minimum atomic E-state index is -0.748. The molecule has 1 aliphatic rings. The van der Waals surface area contributed by atoms with Crippen LogP contribution in [0.2, 0.25) is 0 Å². The van der Waals surface area contributed by atoms with Crippen molar-refractivity contribution in [2.45, 2.75) is 25.7 Å². The lowest BCUT2D eigenvalue weighted by molar-refractivity contribution is 0.0711. The second-order valence-electron chi connectivity index (χ2n) is 7.18. The third kappa shape index (κ3) is 4.13. The van der Waals surface area contributed by atoms with E-state index in [1.165, 1.54) is 0 Å². The van der Waals surface area contributed by atoms with Gasteiger partial charge in [0.05, 0.1) is 5.69 Å². The summed E-state index contributed by atoms with van der Waals surface area (Å²) in [7, 11) is 0. The van der Waals surface area contributed by atoms with E-state index in [-0.39, 0.29) is 17.4 Å². The molecule has 0 spiro atoms. The van der Waals surface area contributed by atoms with Crippen LogP contribution in [0.1, 0.15) is 40.6 Å². The van der Waals surface area contributed by atoms with Gasteiger partial charge in [-0.15, -0.1) is 0 Å². The van der Waals surface area contributed by atoms with Crippen LogP contribution in [0.25, 0.3) is 11.1 Å². The Hall–Kier alpha value is -3.22. The first-order chi connectivity index (χ1) is 14.0. The number of carbonyl (C=O) groups is 1. The lowest BCUT2D eigenvalue weighted by Gasteiger charge is -2.32. The van der Waals surface area contributed by atoms with E-state index in [2.05, 4.69) is 9.97 Å². The predicted molar refractivity (Wildman–Crippen MR) is 104 cm³/mol. The summed E-state index contributed by atoms with van der Waals surface area (Å²) < 4.78 is 26.9. The van der Waals surface area contributed by atoms with Crippen LogP contribution in [-0.4, -0.2) is 38.8 Å². The second-order valence-corrected chi connectivity index (χ2v) is 7.18. The SMILES string of the molecule is Cc1ncc(-c2ccncc2)c(C2CCN(C(=O)c3cc(F)cc(F)c3)CC2)n1. The van der Waals surface area contributed by atoms with E-state index < -0.39 is 11.6 Å². The third-order valence-corrected chi connectivity index (χ3v) is 5.21. The van der Waals surface area contributed by atoms with Gasteiger partial charge in [-0.05, 0) is 49.6 Å². The zero-order chi connectivity index (χ0) is 20.4. The van der Waals surface area contributed by atoms with Crippen LogP contribution in [0.15, 0.2) is 48.9 Å². The van der Waals surface area contributed by atoms with Crippen molar-refractivity contribution in [1.29, 1.82) is 0 Å². The van der Waals surface area contributed by atoms with Gasteiger partial charge in [0, 0.05) is 54.8 Å². The normalized spacial score (nSPS) is 14.8. The molecule has 1 saturated heterocycles. The van der Waals surface area contributed by atoms with Crippen LogP contribution in [0.5, 0.6) is 0 Å². The van der Waals surface area contributed by atoms with Crippen LogP contribution >= 0.6 is 0 Å². The molecule has 0 radical (unpaired) electrons. The summed E-state index contributed by atoms with van der Waals surface area (Å²) in [6.07, 6.45) is 6.74. The van der Waals surface area contributed by atoms with E-state index in [1.54, 1.807) is 17.3 Å². The molecule has 4 rings (SSSR count). The van der Waals surface area contributed by atoms with Crippen molar-refractivity contribution in [2.24, 2.45) is 0 Å². The molecule has 0 saturated carbocycles. The van der Waals surface area contributed by atoms with Gasteiger partial charge in [0.1, 0.15) is 17.5 Å². The van der Waals surface area contributed by atoms with Crippen LogP contribution in [0, 0.1) is 18.6 Å². The zero-order valence-corrected chi connectivity index (χ0v) is 16.0. The fourth-order valence-corrected chi connectivity index (χ4v) is 3.77. The number of amides is 1. The average Bonchev–Trinajstić information content (AvgIpc) is 2.73. The summed E-state index contributed by atoms with van der Waals surface area (Å²) in [4.78, 5) is 27.4. The number of likely N-dealkylation sites (tertiary alicyclic amines) is 1. The number of hydrogen-bond acceptors (Lipinski definition) is 4. The summed E-state index contributed by atoms with van der Waals surface area (Å²) in [5, 5.41) is 0. The van der Waals surface area contributed by atoms with E-state index in [4.69, 9.17) is 4.98 Å². The molecule has 0 unspecified atom stereocenters. The minimum Gasteiger partial charge on any atom is -0.339 e. The first-order valence-electron chi connectivity index (χ1n) is 9.50. The standard InChI is InChI=1S/C22H20F2N4O/c1-14-26-13-20(15-2-6-25-7-3-15)21(27-14)16-4-8-28(9-5-16)22(29)17-10-18(23)12-19(24)11-17/h2-3,6-7,10-13,16H,4-5,8-9H2,1H3. The molecule has 1 aliphatic heterocycles. The van der Waals surface area contributed by atoms with Gasteiger partial charge in [-0.3, -0.25) is 9.78 Å². The molecule has 1 fully saturated rings. The molecule has 148 valence electrons. The predicted octanol–water partition coefficient (Wildman–Crippen LogP) is 4.15. The van der Waals surface area contributed by atoms with Crippen molar-refractivity contribution >= 4 is 5.91 Å². The van der Waals surface area contributed by atoms with E-state index in [0.29, 0.717) is 18.9 Å². The smallest absolute Gasteiger partial charge is 0.254 e. The number of rotatable bonds is 3. The maximum Gasteiger partial charge on any atom is 0.254 e. The number of pyridine rings is 1. The summed E-state index contributed by atoms with van der Waals surface area (Å²) in [5.74, 6) is -0.974. The van der Waals surface area contributed by atoms with Gasteiger partial charge in [0.25, 0.3) is 5.91 Å². The molecule has 1 aromatic carbocycles.